The van der Waals surface area contributed by atoms with Crippen molar-refractivity contribution in [3.8, 4) is 0 Å². The Hall–Kier alpha value is -0.570. The standard InChI is InChI=1S/C12H26N2O/c1-6-14(7-2)10-8-9-13-11(15)12(3,4)5/h6-10H2,1-5H3,(H,13,15)/p+1. The van der Waals surface area contributed by atoms with Gasteiger partial charge in [-0.05, 0) is 13.8 Å². The highest BCUT2D eigenvalue weighted by Crippen LogP contribution is 2.11. The second-order valence-electron chi connectivity index (χ2n) is 5.07. The summed E-state index contributed by atoms with van der Waals surface area (Å²) in [6, 6.07) is 0. The van der Waals surface area contributed by atoms with Crippen LogP contribution in [0.2, 0.25) is 0 Å². The van der Waals surface area contributed by atoms with Gasteiger partial charge in [0.2, 0.25) is 5.91 Å². The van der Waals surface area contributed by atoms with Crippen molar-refractivity contribution in [2.75, 3.05) is 26.2 Å². The van der Waals surface area contributed by atoms with Gasteiger partial charge in [0, 0.05) is 18.4 Å². The largest absolute Gasteiger partial charge is 0.355 e. The Kier molecular flexibility index (Phi) is 6.57. The maximum Gasteiger partial charge on any atom is 0.225 e. The summed E-state index contributed by atoms with van der Waals surface area (Å²) < 4.78 is 0. The highest BCUT2D eigenvalue weighted by Gasteiger charge is 2.20. The molecule has 0 spiro atoms. The average molecular weight is 215 g/mol. The summed E-state index contributed by atoms with van der Waals surface area (Å²) in [6.07, 6.45) is 1.07. The fourth-order valence-electron chi connectivity index (χ4n) is 1.41. The molecule has 0 aromatic carbocycles. The van der Waals surface area contributed by atoms with Crippen LogP contribution in [0, 0.1) is 5.41 Å². The Morgan fingerprint density at radius 1 is 1.20 bits per heavy atom. The van der Waals surface area contributed by atoms with Crippen LogP contribution in [0.4, 0.5) is 0 Å². The minimum Gasteiger partial charge on any atom is -0.355 e. The van der Waals surface area contributed by atoms with E-state index in [9.17, 15) is 4.79 Å². The van der Waals surface area contributed by atoms with Crippen LogP contribution in [0.15, 0.2) is 0 Å². The first-order valence-corrected chi connectivity index (χ1v) is 6.03. The molecule has 0 fully saturated rings. The number of nitrogens with one attached hydrogen (secondary N) is 2. The lowest BCUT2D eigenvalue weighted by Crippen LogP contribution is -3.11. The van der Waals surface area contributed by atoms with Crippen LogP contribution in [0.3, 0.4) is 0 Å². The number of hydrogen-bond acceptors (Lipinski definition) is 1. The molecule has 90 valence electrons. The van der Waals surface area contributed by atoms with Gasteiger partial charge in [0.05, 0.1) is 19.6 Å². The first kappa shape index (κ1) is 14.4. The van der Waals surface area contributed by atoms with Gasteiger partial charge < -0.3 is 10.2 Å². The normalized spacial score (nSPS) is 11.9. The van der Waals surface area contributed by atoms with Crippen molar-refractivity contribution in [1.29, 1.82) is 0 Å². The minimum atomic E-state index is -0.262. The van der Waals surface area contributed by atoms with E-state index in [-0.39, 0.29) is 11.3 Å². The van der Waals surface area contributed by atoms with Gasteiger partial charge in [-0.25, -0.2) is 0 Å². The number of quaternary nitrogens is 1. The number of rotatable bonds is 6. The number of carbonyl (C=O) groups is 1. The molecule has 3 heteroatoms. The fourth-order valence-corrected chi connectivity index (χ4v) is 1.41. The van der Waals surface area contributed by atoms with Crippen LogP contribution in [-0.2, 0) is 4.79 Å². The molecule has 0 heterocycles. The molecular formula is C12H27N2O+. The summed E-state index contributed by atoms with van der Waals surface area (Å²) in [4.78, 5) is 13.1. The Balaban J connectivity index is 3.59. The van der Waals surface area contributed by atoms with E-state index in [4.69, 9.17) is 0 Å². The zero-order valence-corrected chi connectivity index (χ0v) is 10.9. The predicted molar refractivity (Wildman–Crippen MR) is 64.0 cm³/mol. The van der Waals surface area contributed by atoms with Crippen molar-refractivity contribution >= 4 is 5.91 Å². The fraction of sp³-hybridized carbons (Fsp3) is 0.917. The molecule has 15 heavy (non-hydrogen) atoms. The van der Waals surface area contributed by atoms with Gasteiger partial charge in [-0.2, -0.15) is 0 Å². The maximum atomic E-state index is 11.5. The highest BCUT2D eigenvalue weighted by molar-refractivity contribution is 5.81. The van der Waals surface area contributed by atoms with Crippen LogP contribution in [0.5, 0.6) is 0 Å². The molecule has 0 atom stereocenters. The number of hydrogen-bond donors (Lipinski definition) is 2. The Bertz CT molecular complexity index is 181. The Morgan fingerprint density at radius 3 is 2.13 bits per heavy atom. The molecule has 3 nitrogen and oxygen atoms in total. The summed E-state index contributed by atoms with van der Waals surface area (Å²) in [5, 5.41) is 2.97. The predicted octanol–water partition coefficient (Wildman–Crippen LogP) is 0.464. The van der Waals surface area contributed by atoms with Gasteiger partial charge in [-0.15, -0.1) is 0 Å². The molecule has 0 aliphatic rings. The molecule has 0 aromatic heterocycles. The van der Waals surface area contributed by atoms with Crippen molar-refractivity contribution in [3.05, 3.63) is 0 Å². The quantitative estimate of drug-likeness (QED) is 0.620. The van der Waals surface area contributed by atoms with Crippen LogP contribution in [0.1, 0.15) is 41.0 Å². The third-order valence-corrected chi connectivity index (χ3v) is 2.67. The summed E-state index contributed by atoms with van der Waals surface area (Å²) in [5.74, 6) is 0.150. The van der Waals surface area contributed by atoms with Crippen molar-refractivity contribution in [2.45, 2.75) is 41.0 Å². The van der Waals surface area contributed by atoms with Crippen molar-refractivity contribution in [1.82, 2.24) is 5.32 Å². The van der Waals surface area contributed by atoms with Crippen molar-refractivity contribution < 1.29 is 9.69 Å². The Morgan fingerprint density at radius 2 is 1.73 bits per heavy atom. The lowest BCUT2D eigenvalue weighted by atomic mass is 9.96. The van der Waals surface area contributed by atoms with Crippen LogP contribution < -0.4 is 10.2 Å². The third-order valence-electron chi connectivity index (χ3n) is 2.67. The SMILES string of the molecule is CC[NH+](CC)CCCNC(=O)C(C)(C)C. The van der Waals surface area contributed by atoms with E-state index in [1.54, 1.807) is 4.90 Å². The molecule has 0 bridgehead atoms. The molecule has 0 rings (SSSR count). The van der Waals surface area contributed by atoms with Crippen LogP contribution >= 0.6 is 0 Å². The van der Waals surface area contributed by atoms with E-state index in [1.165, 1.54) is 13.1 Å². The molecular weight excluding hydrogens is 188 g/mol. The molecule has 0 saturated carbocycles. The summed E-state index contributed by atoms with van der Waals surface area (Å²) in [7, 11) is 0. The van der Waals surface area contributed by atoms with E-state index in [1.807, 2.05) is 20.8 Å². The van der Waals surface area contributed by atoms with Gasteiger partial charge in [-0.1, -0.05) is 20.8 Å². The molecule has 0 aromatic rings. The molecule has 0 aliphatic carbocycles. The topological polar surface area (TPSA) is 33.5 Å². The van der Waals surface area contributed by atoms with Crippen LogP contribution in [-0.4, -0.2) is 32.1 Å². The zero-order valence-electron chi connectivity index (χ0n) is 10.9. The maximum absolute atomic E-state index is 11.5. The monoisotopic (exact) mass is 215 g/mol. The van der Waals surface area contributed by atoms with Gasteiger partial charge in [0.15, 0.2) is 0 Å². The van der Waals surface area contributed by atoms with E-state index in [0.717, 1.165) is 19.5 Å². The molecule has 0 aliphatic heterocycles. The second kappa shape index (κ2) is 6.83. The first-order valence-electron chi connectivity index (χ1n) is 6.03. The molecule has 0 radical (unpaired) electrons. The lowest BCUT2D eigenvalue weighted by molar-refractivity contribution is -0.896. The molecule has 1 amide bonds. The minimum absolute atomic E-state index is 0.150. The summed E-state index contributed by atoms with van der Waals surface area (Å²) >= 11 is 0. The number of carbonyl (C=O) groups excluding carboxylic acids is 1. The molecule has 2 N–H and O–H groups in total. The summed E-state index contributed by atoms with van der Waals surface area (Å²) in [5.41, 5.74) is -0.262. The van der Waals surface area contributed by atoms with Gasteiger partial charge in [0.25, 0.3) is 0 Å². The zero-order chi connectivity index (χ0) is 11.9. The van der Waals surface area contributed by atoms with Gasteiger partial charge >= 0.3 is 0 Å². The number of amides is 1. The Labute approximate surface area is 94.2 Å². The lowest BCUT2D eigenvalue weighted by Gasteiger charge is -2.19. The third kappa shape index (κ3) is 6.50. The smallest absolute Gasteiger partial charge is 0.225 e. The van der Waals surface area contributed by atoms with Gasteiger partial charge in [-0.3, -0.25) is 4.79 Å². The van der Waals surface area contributed by atoms with Crippen LogP contribution in [0.25, 0.3) is 0 Å². The average Bonchev–Trinajstić information content (AvgIpc) is 2.16. The van der Waals surface area contributed by atoms with E-state index in [2.05, 4.69) is 19.2 Å². The second-order valence-corrected chi connectivity index (χ2v) is 5.07. The van der Waals surface area contributed by atoms with E-state index in [0.29, 0.717) is 0 Å². The highest BCUT2D eigenvalue weighted by atomic mass is 16.2. The summed E-state index contributed by atoms with van der Waals surface area (Å²) in [6.45, 7) is 14.5. The van der Waals surface area contributed by atoms with Crippen molar-refractivity contribution in [3.63, 3.8) is 0 Å². The van der Waals surface area contributed by atoms with Gasteiger partial charge in [0.1, 0.15) is 0 Å². The van der Waals surface area contributed by atoms with E-state index < -0.39 is 0 Å². The van der Waals surface area contributed by atoms with Crippen molar-refractivity contribution in [2.24, 2.45) is 5.41 Å². The van der Waals surface area contributed by atoms with E-state index >= 15 is 0 Å². The first-order chi connectivity index (χ1) is 6.91. The molecule has 0 saturated heterocycles. The molecule has 0 unspecified atom stereocenters.